The fraction of sp³-hybridized carbons (Fsp3) is 0.167. The number of para-hydroxylation sites is 1. The molecule has 0 amide bonds. The van der Waals surface area contributed by atoms with Crippen molar-refractivity contribution in [1.82, 2.24) is 19.5 Å². The van der Waals surface area contributed by atoms with Gasteiger partial charge in [0.1, 0.15) is 0 Å². The second-order valence-electron chi connectivity index (χ2n) is 13.6. The van der Waals surface area contributed by atoms with Gasteiger partial charge < -0.3 is 4.57 Å². The Balaban J connectivity index is 1.56. The Bertz CT molecular complexity index is 2480. The fourth-order valence-electron chi connectivity index (χ4n) is 6.49. The largest absolute Gasteiger partial charge is 0.308 e. The molecule has 0 radical (unpaired) electrons. The topological polar surface area (TPSA) is 91.2 Å². The van der Waals surface area contributed by atoms with Crippen LogP contribution in [0.4, 0.5) is 0 Å². The van der Waals surface area contributed by atoms with E-state index in [0.29, 0.717) is 34.2 Å². The zero-order valence-corrected chi connectivity index (χ0v) is 27.9. The molecule has 7 rings (SSSR count). The SMILES string of the molecule is Cc1cc(C)cc(-c2nc(-c3cc(C)cc(C(C)(C)C)c3)nc(-c3cc(C#N)ccc3-n3c4ccccc4c4cc(C#N)ccc43)n2)c1. The minimum Gasteiger partial charge on any atom is -0.308 e. The second kappa shape index (κ2) is 11.6. The van der Waals surface area contributed by atoms with Gasteiger partial charge >= 0.3 is 0 Å². The van der Waals surface area contributed by atoms with Crippen LogP contribution in [0.1, 0.15) is 54.2 Å². The number of nitriles is 2. The van der Waals surface area contributed by atoms with Crippen molar-refractivity contribution >= 4 is 21.8 Å². The molecule has 5 aromatic carbocycles. The molecule has 2 heterocycles. The maximum atomic E-state index is 10.1. The minimum atomic E-state index is -0.0661. The second-order valence-corrected chi connectivity index (χ2v) is 13.6. The minimum absolute atomic E-state index is 0.0661. The predicted octanol–water partition coefficient (Wildman–Crippen LogP) is 9.94. The average molecular weight is 623 g/mol. The van der Waals surface area contributed by atoms with Crippen molar-refractivity contribution in [3.05, 3.63) is 130 Å². The van der Waals surface area contributed by atoms with E-state index in [9.17, 15) is 10.5 Å². The number of aromatic nitrogens is 4. The summed E-state index contributed by atoms with van der Waals surface area (Å²) in [5, 5.41) is 21.7. The molecule has 0 spiro atoms. The Labute approximate surface area is 280 Å². The van der Waals surface area contributed by atoms with Crippen molar-refractivity contribution in [2.45, 2.75) is 47.0 Å². The van der Waals surface area contributed by atoms with Crippen LogP contribution in [0.2, 0.25) is 0 Å². The van der Waals surface area contributed by atoms with Crippen LogP contribution in [0.15, 0.2) is 97.1 Å². The lowest BCUT2D eigenvalue weighted by Gasteiger charge is -2.21. The van der Waals surface area contributed by atoms with E-state index in [0.717, 1.165) is 55.3 Å². The summed E-state index contributed by atoms with van der Waals surface area (Å²) in [7, 11) is 0. The summed E-state index contributed by atoms with van der Waals surface area (Å²) in [5.41, 5.74) is 10.9. The van der Waals surface area contributed by atoms with Crippen molar-refractivity contribution in [3.63, 3.8) is 0 Å². The number of fused-ring (bicyclic) bond motifs is 3. The van der Waals surface area contributed by atoms with E-state index in [1.807, 2.05) is 48.5 Å². The van der Waals surface area contributed by atoms with Crippen LogP contribution >= 0.6 is 0 Å². The summed E-state index contributed by atoms with van der Waals surface area (Å²) in [6.45, 7) is 12.9. The smallest absolute Gasteiger partial charge is 0.166 e. The molecular formula is C42H34N6. The van der Waals surface area contributed by atoms with Crippen LogP contribution in [0.25, 0.3) is 61.7 Å². The first-order chi connectivity index (χ1) is 23.0. The van der Waals surface area contributed by atoms with Crippen LogP contribution in [0.3, 0.4) is 0 Å². The van der Waals surface area contributed by atoms with E-state index in [2.05, 4.69) is 107 Å². The van der Waals surface area contributed by atoms with Crippen LogP contribution in [0.5, 0.6) is 0 Å². The summed E-state index contributed by atoms with van der Waals surface area (Å²) in [4.78, 5) is 15.3. The molecule has 0 atom stereocenters. The van der Waals surface area contributed by atoms with Gasteiger partial charge in [0.05, 0.1) is 40.0 Å². The zero-order chi connectivity index (χ0) is 33.7. The molecule has 7 aromatic rings. The maximum Gasteiger partial charge on any atom is 0.166 e. The van der Waals surface area contributed by atoms with Crippen molar-refractivity contribution in [1.29, 1.82) is 10.5 Å². The number of hydrogen-bond donors (Lipinski definition) is 0. The van der Waals surface area contributed by atoms with Gasteiger partial charge in [0.2, 0.25) is 0 Å². The molecule has 0 unspecified atom stereocenters. The average Bonchev–Trinajstić information content (AvgIpc) is 3.40. The lowest BCUT2D eigenvalue weighted by Crippen LogP contribution is -2.11. The summed E-state index contributed by atoms with van der Waals surface area (Å²) in [5.74, 6) is 1.60. The Kier molecular flexibility index (Phi) is 7.38. The molecule has 0 saturated heterocycles. The normalized spacial score (nSPS) is 11.5. The monoisotopic (exact) mass is 622 g/mol. The van der Waals surface area contributed by atoms with Gasteiger partial charge in [-0.05, 0) is 98.5 Å². The summed E-state index contributed by atoms with van der Waals surface area (Å²) in [6.07, 6.45) is 0. The molecule has 0 fully saturated rings. The van der Waals surface area contributed by atoms with Gasteiger partial charge in [-0.15, -0.1) is 0 Å². The molecule has 0 bridgehead atoms. The first-order valence-corrected chi connectivity index (χ1v) is 16.0. The summed E-state index contributed by atoms with van der Waals surface area (Å²) >= 11 is 0. The predicted molar refractivity (Wildman–Crippen MR) is 193 cm³/mol. The van der Waals surface area contributed by atoms with E-state index >= 15 is 0 Å². The molecule has 0 aliphatic heterocycles. The maximum absolute atomic E-state index is 10.1. The summed E-state index contributed by atoms with van der Waals surface area (Å²) < 4.78 is 2.17. The van der Waals surface area contributed by atoms with Gasteiger partial charge in [-0.1, -0.05) is 67.8 Å². The van der Waals surface area contributed by atoms with E-state index in [1.54, 1.807) is 0 Å². The fourth-order valence-corrected chi connectivity index (χ4v) is 6.49. The third-order valence-corrected chi connectivity index (χ3v) is 8.73. The van der Waals surface area contributed by atoms with Crippen LogP contribution in [-0.4, -0.2) is 19.5 Å². The van der Waals surface area contributed by atoms with Gasteiger partial charge in [-0.2, -0.15) is 10.5 Å². The standard InChI is InChI=1S/C42H34N6/c1-25-15-26(2)17-30(16-25)39-45-40(31-18-27(3)19-32(22-31)42(4,5)6)47-41(46-39)35-21-29(24-44)12-14-38(35)48-36-10-8-7-9-33(36)34-20-28(23-43)11-13-37(34)48/h7-22H,1-6H3. The van der Waals surface area contributed by atoms with Crippen molar-refractivity contribution in [3.8, 4) is 52.0 Å². The highest BCUT2D eigenvalue weighted by atomic mass is 15.1. The first-order valence-electron chi connectivity index (χ1n) is 16.0. The summed E-state index contributed by atoms with van der Waals surface area (Å²) in [6, 6.07) is 37.0. The Morgan fingerprint density at radius 3 is 1.79 bits per heavy atom. The van der Waals surface area contributed by atoms with Crippen LogP contribution in [0, 0.1) is 43.4 Å². The molecular weight excluding hydrogens is 589 g/mol. The van der Waals surface area contributed by atoms with Crippen LogP contribution in [-0.2, 0) is 5.41 Å². The Hall–Kier alpha value is -6.11. The lowest BCUT2D eigenvalue weighted by molar-refractivity contribution is 0.590. The number of nitrogens with zero attached hydrogens (tertiary/aromatic N) is 6. The van der Waals surface area contributed by atoms with Crippen molar-refractivity contribution < 1.29 is 0 Å². The number of rotatable bonds is 4. The molecule has 0 aliphatic carbocycles. The van der Waals surface area contributed by atoms with Crippen LogP contribution < -0.4 is 0 Å². The molecule has 0 aliphatic rings. The van der Waals surface area contributed by atoms with Gasteiger partial charge in [0.25, 0.3) is 0 Å². The quantitative estimate of drug-likeness (QED) is 0.195. The number of benzene rings is 5. The van der Waals surface area contributed by atoms with Gasteiger partial charge in [0.15, 0.2) is 17.5 Å². The number of aryl methyl sites for hydroxylation is 3. The molecule has 2 aromatic heterocycles. The van der Waals surface area contributed by atoms with Crippen molar-refractivity contribution in [2.24, 2.45) is 0 Å². The van der Waals surface area contributed by atoms with Gasteiger partial charge in [-0.25, -0.2) is 15.0 Å². The molecule has 48 heavy (non-hydrogen) atoms. The third-order valence-electron chi connectivity index (χ3n) is 8.73. The Morgan fingerprint density at radius 2 is 1.12 bits per heavy atom. The highest BCUT2D eigenvalue weighted by Gasteiger charge is 2.22. The Morgan fingerprint density at radius 1 is 0.562 bits per heavy atom. The molecule has 6 heteroatoms. The van der Waals surface area contributed by atoms with Gasteiger partial charge in [-0.3, -0.25) is 0 Å². The lowest BCUT2D eigenvalue weighted by atomic mass is 9.85. The zero-order valence-electron chi connectivity index (χ0n) is 27.9. The highest BCUT2D eigenvalue weighted by molar-refractivity contribution is 6.10. The third kappa shape index (κ3) is 5.48. The molecule has 0 saturated carbocycles. The highest BCUT2D eigenvalue weighted by Crippen LogP contribution is 2.37. The first kappa shape index (κ1) is 30.5. The van der Waals surface area contributed by atoms with Gasteiger partial charge in [0, 0.05) is 27.5 Å². The molecule has 6 nitrogen and oxygen atoms in total. The van der Waals surface area contributed by atoms with Crippen molar-refractivity contribution in [2.75, 3.05) is 0 Å². The number of hydrogen-bond acceptors (Lipinski definition) is 5. The van der Waals surface area contributed by atoms with E-state index in [4.69, 9.17) is 15.0 Å². The molecule has 0 N–H and O–H groups in total. The van der Waals surface area contributed by atoms with E-state index < -0.39 is 0 Å². The van der Waals surface area contributed by atoms with E-state index in [-0.39, 0.29) is 5.41 Å². The molecule has 232 valence electrons. The van der Waals surface area contributed by atoms with E-state index in [1.165, 1.54) is 5.56 Å².